The molecule has 3 atom stereocenters. The zero-order valence-electron chi connectivity index (χ0n) is 7.09. The molecule has 2 aliphatic rings. The molecule has 0 nitrogen and oxygen atoms in total. The second-order valence-corrected chi connectivity index (χ2v) is 4.55. The first-order valence-electron chi connectivity index (χ1n) is 4.30. The van der Waals surface area contributed by atoms with Crippen molar-refractivity contribution in [3.63, 3.8) is 0 Å². The van der Waals surface area contributed by atoms with E-state index in [9.17, 15) is 0 Å². The van der Waals surface area contributed by atoms with Crippen LogP contribution in [0, 0.1) is 23.2 Å². The molecule has 0 aromatic carbocycles. The van der Waals surface area contributed by atoms with Gasteiger partial charge in [0.1, 0.15) is 0 Å². The molecular formula is C10H16. The summed E-state index contributed by atoms with van der Waals surface area (Å²) < 4.78 is 0. The van der Waals surface area contributed by atoms with Crippen LogP contribution in [-0.2, 0) is 0 Å². The van der Waals surface area contributed by atoms with Crippen LogP contribution in [0.25, 0.3) is 0 Å². The predicted molar refractivity (Wildman–Crippen MR) is 43.7 cm³/mol. The normalized spacial score (nSPS) is 48.5. The molecule has 56 valence electrons. The monoisotopic (exact) mass is 136 g/mol. The van der Waals surface area contributed by atoms with Crippen LogP contribution >= 0.6 is 0 Å². The lowest BCUT2D eigenvalue weighted by Gasteiger charge is -2.08. The smallest absolute Gasteiger partial charge is 0.0145 e. The first-order valence-corrected chi connectivity index (χ1v) is 4.30. The summed E-state index contributed by atoms with van der Waals surface area (Å²) in [4.78, 5) is 0. The Kier molecular flexibility index (Phi) is 1.07. The minimum absolute atomic E-state index is 0.640. The van der Waals surface area contributed by atoms with Gasteiger partial charge in [-0.25, -0.2) is 0 Å². The molecular weight excluding hydrogens is 120 g/mol. The average molecular weight is 136 g/mol. The van der Waals surface area contributed by atoms with E-state index >= 15 is 0 Å². The van der Waals surface area contributed by atoms with Gasteiger partial charge < -0.3 is 0 Å². The van der Waals surface area contributed by atoms with Crippen molar-refractivity contribution in [1.29, 1.82) is 0 Å². The second-order valence-electron chi connectivity index (χ2n) is 4.55. The highest BCUT2D eigenvalue weighted by molar-refractivity contribution is 5.18. The summed E-state index contributed by atoms with van der Waals surface area (Å²) in [6.07, 6.45) is 6.24. The summed E-state index contributed by atoms with van der Waals surface area (Å²) in [5.41, 5.74) is 0.640. The van der Waals surface area contributed by atoms with E-state index in [-0.39, 0.29) is 0 Å². The fraction of sp³-hybridized carbons (Fsp3) is 0.800. The SMILES string of the molecule is C[C@H]1C=C[C@@H]2C(C1)C2(C)C. The Balaban J connectivity index is 2.16. The Hall–Kier alpha value is -0.260. The minimum atomic E-state index is 0.640. The third kappa shape index (κ3) is 0.680. The summed E-state index contributed by atoms with van der Waals surface area (Å²) in [6, 6.07) is 0. The number of hydrogen-bond donors (Lipinski definition) is 0. The molecule has 1 fully saturated rings. The van der Waals surface area contributed by atoms with E-state index in [1.807, 2.05) is 0 Å². The van der Waals surface area contributed by atoms with Gasteiger partial charge in [-0.3, -0.25) is 0 Å². The standard InChI is InChI=1S/C10H16/c1-7-4-5-8-9(6-7)10(8,2)3/h4-5,7-9H,6H2,1-3H3/t7-,8+,9?/m0/s1. The molecule has 0 spiro atoms. The maximum atomic E-state index is 2.43. The van der Waals surface area contributed by atoms with Gasteiger partial charge in [-0.05, 0) is 29.6 Å². The third-order valence-electron chi connectivity index (χ3n) is 3.41. The van der Waals surface area contributed by atoms with Gasteiger partial charge in [-0.15, -0.1) is 0 Å². The summed E-state index contributed by atoms with van der Waals surface area (Å²) >= 11 is 0. The first kappa shape index (κ1) is 6.45. The van der Waals surface area contributed by atoms with Crippen LogP contribution in [0.15, 0.2) is 12.2 Å². The predicted octanol–water partition coefficient (Wildman–Crippen LogP) is 2.85. The highest BCUT2D eigenvalue weighted by Gasteiger charge is 2.56. The van der Waals surface area contributed by atoms with Crippen molar-refractivity contribution in [2.24, 2.45) is 23.2 Å². The molecule has 0 saturated heterocycles. The maximum absolute atomic E-state index is 2.43. The zero-order valence-corrected chi connectivity index (χ0v) is 7.09. The molecule has 0 aliphatic heterocycles. The highest BCUT2D eigenvalue weighted by Crippen LogP contribution is 2.63. The third-order valence-corrected chi connectivity index (χ3v) is 3.41. The number of hydrogen-bond acceptors (Lipinski definition) is 0. The van der Waals surface area contributed by atoms with Crippen LogP contribution in [-0.4, -0.2) is 0 Å². The van der Waals surface area contributed by atoms with Crippen molar-refractivity contribution in [3.05, 3.63) is 12.2 Å². The van der Waals surface area contributed by atoms with Gasteiger partial charge in [0.05, 0.1) is 0 Å². The Bertz CT molecular complexity index is 176. The van der Waals surface area contributed by atoms with E-state index in [1.165, 1.54) is 6.42 Å². The van der Waals surface area contributed by atoms with Gasteiger partial charge in [0, 0.05) is 0 Å². The summed E-state index contributed by atoms with van der Waals surface area (Å²) in [6.45, 7) is 7.11. The molecule has 0 aromatic heterocycles. The molecule has 0 radical (unpaired) electrons. The van der Waals surface area contributed by atoms with Gasteiger partial charge in [0.15, 0.2) is 0 Å². The van der Waals surface area contributed by atoms with Crippen molar-refractivity contribution in [1.82, 2.24) is 0 Å². The molecule has 0 aromatic rings. The Morgan fingerprint density at radius 1 is 1.30 bits per heavy atom. The molecule has 0 N–H and O–H groups in total. The maximum Gasteiger partial charge on any atom is -0.0145 e. The molecule has 10 heavy (non-hydrogen) atoms. The van der Waals surface area contributed by atoms with Gasteiger partial charge in [0.2, 0.25) is 0 Å². The number of fused-ring (bicyclic) bond motifs is 1. The summed E-state index contributed by atoms with van der Waals surface area (Å²) in [5, 5.41) is 0. The largest absolute Gasteiger partial charge is 0.0854 e. The first-order chi connectivity index (χ1) is 4.62. The van der Waals surface area contributed by atoms with Gasteiger partial charge in [0.25, 0.3) is 0 Å². The number of rotatable bonds is 0. The highest BCUT2D eigenvalue weighted by atomic mass is 14.6. The Morgan fingerprint density at radius 3 is 2.50 bits per heavy atom. The molecule has 2 rings (SSSR count). The van der Waals surface area contributed by atoms with Crippen LogP contribution in [0.1, 0.15) is 27.2 Å². The lowest BCUT2D eigenvalue weighted by molar-refractivity contribution is 0.487. The molecule has 1 unspecified atom stereocenters. The van der Waals surface area contributed by atoms with E-state index in [1.54, 1.807) is 0 Å². The van der Waals surface area contributed by atoms with Crippen LogP contribution in [0.5, 0.6) is 0 Å². The second kappa shape index (κ2) is 1.66. The fourth-order valence-electron chi connectivity index (χ4n) is 2.41. The zero-order chi connectivity index (χ0) is 7.35. The molecule has 0 heterocycles. The quantitative estimate of drug-likeness (QED) is 0.449. The molecule has 0 heteroatoms. The topological polar surface area (TPSA) is 0 Å². The van der Waals surface area contributed by atoms with Gasteiger partial charge >= 0.3 is 0 Å². The van der Waals surface area contributed by atoms with Crippen molar-refractivity contribution < 1.29 is 0 Å². The van der Waals surface area contributed by atoms with Crippen LogP contribution < -0.4 is 0 Å². The summed E-state index contributed by atoms with van der Waals surface area (Å²) in [5.74, 6) is 2.76. The molecule has 2 aliphatic carbocycles. The molecule has 0 bridgehead atoms. The minimum Gasteiger partial charge on any atom is -0.0854 e. The van der Waals surface area contributed by atoms with Crippen LogP contribution in [0.2, 0.25) is 0 Å². The van der Waals surface area contributed by atoms with Gasteiger partial charge in [-0.1, -0.05) is 32.9 Å². The van der Waals surface area contributed by atoms with Gasteiger partial charge in [-0.2, -0.15) is 0 Å². The van der Waals surface area contributed by atoms with Crippen molar-refractivity contribution in [2.45, 2.75) is 27.2 Å². The number of allylic oxidation sites excluding steroid dienone is 2. The van der Waals surface area contributed by atoms with E-state index < -0.39 is 0 Å². The van der Waals surface area contributed by atoms with E-state index in [2.05, 4.69) is 32.9 Å². The van der Waals surface area contributed by atoms with Crippen molar-refractivity contribution in [3.8, 4) is 0 Å². The fourth-order valence-corrected chi connectivity index (χ4v) is 2.41. The van der Waals surface area contributed by atoms with E-state index in [0.717, 1.165) is 17.8 Å². The lowest BCUT2D eigenvalue weighted by atomic mass is 9.97. The molecule has 0 amide bonds. The van der Waals surface area contributed by atoms with E-state index in [4.69, 9.17) is 0 Å². The van der Waals surface area contributed by atoms with E-state index in [0.29, 0.717) is 5.41 Å². The van der Waals surface area contributed by atoms with Crippen LogP contribution in [0.4, 0.5) is 0 Å². The Morgan fingerprint density at radius 2 is 2.00 bits per heavy atom. The van der Waals surface area contributed by atoms with Crippen molar-refractivity contribution in [2.75, 3.05) is 0 Å². The average Bonchev–Trinajstić information content (AvgIpc) is 2.36. The van der Waals surface area contributed by atoms with Crippen molar-refractivity contribution >= 4 is 0 Å². The Labute approximate surface area is 63.3 Å². The van der Waals surface area contributed by atoms with Crippen LogP contribution in [0.3, 0.4) is 0 Å². The molecule has 1 saturated carbocycles. The summed E-state index contributed by atoms with van der Waals surface area (Å²) in [7, 11) is 0. The lowest BCUT2D eigenvalue weighted by Crippen LogP contribution is -1.97.